The molecule has 6 nitrogen and oxygen atoms in total. The molecular formula is C29H25Br2NO5S. The third-order valence-corrected chi connectivity index (χ3v) is 7.42. The highest BCUT2D eigenvalue weighted by molar-refractivity contribution is 9.10. The molecule has 0 aromatic heterocycles. The van der Waals surface area contributed by atoms with E-state index in [1.165, 1.54) is 11.8 Å². The summed E-state index contributed by atoms with van der Waals surface area (Å²) in [6, 6.07) is 20.9. The smallest absolute Gasteiger partial charge is 0.344 e. The van der Waals surface area contributed by atoms with Crippen molar-refractivity contribution in [2.45, 2.75) is 20.5 Å². The number of aliphatic hydroxyl groups is 1. The van der Waals surface area contributed by atoms with E-state index in [9.17, 15) is 9.90 Å². The van der Waals surface area contributed by atoms with Crippen molar-refractivity contribution in [2.24, 2.45) is 4.99 Å². The Morgan fingerprint density at radius 3 is 2.42 bits per heavy atom. The highest BCUT2D eigenvalue weighted by Crippen LogP contribution is 2.42. The fourth-order valence-corrected chi connectivity index (χ4v) is 5.45. The van der Waals surface area contributed by atoms with Gasteiger partial charge in [0.15, 0.2) is 11.5 Å². The molecule has 196 valence electrons. The zero-order valence-corrected chi connectivity index (χ0v) is 24.7. The van der Waals surface area contributed by atoms with E-state index < -0.39 is 5.97 Å². The number of aliphatic imine (C=N–C) groups is 1. The van der Waals surface area contributed by atoms with Crippen LogP contribution in [0, 0.1) is 0 Å². The molecule has 0 aliphatic carbocycles. The van der Waals surface area contributed by atoms with E-state index in [4.69, 9.17) is 14.2 Å². The van der Waals surface area contributed by atoms with Crippen molar-refractivity contribution >= 4 is 66.4 Å². The van der Waals surface area contributed by atoms with Gasteiger partial charge >= 0.3 is 5.97 Å². The standard InChI is InChI=1S/C29H25Br2NO5S/c1-3-35-23-15-19(14-22(31)27(23)37-17-18-10-12-20(30)13-11-18)16-24-26(33)25(29(34)36-4-2)28(38-24)32-21-8-6-5-7-9-21/h5-16,33H,3-4,17H2,1-2H3/b24-16-,32-28?. The number of esters is 1. The predicted molar refractivity (Wildman–Crippen MR) is 159 cm³/mol. The summed E-state index contributed by atoms with van der Waals surface area (Å²) in [5, 5.41) is 11.4. The van der Waals surface area contributed by atoms with Crippen LogP contribution in [0.4, 0.5) is 5.69 Å². The van der Waals surface area contributed by atoms with Gasteiger partial charge in [-0.1, -0.05) is 58.0 Å². The molecule has 0 saturated carbocycles. The van der Waals surface area contributed by atoms with Gasteiger partial charge in [-0.3, -0.25) is 0 Å². The number of aliphatic hydroxyl groups excluding tert-OH is 1. The molecule has 0 amide bonds. The minimum absolute atomic E-state index is 0.0468. The molecular weight excluding hydrogens is 634 g/mol. The molecule has 1 N–H and O–H groups in total. The zero-order valence-electron chi connectivity index (χ0n) is 20.7. The van der Waals surface area contributed by atoms with E-state index >= 15 is 0 Å². The lowest BCUT2D eigenvalue weighted by molar-refractivity contribution is -0.138. The first-order valence-electron chi connectivity index (χ1n) is 11.9. The van der Waals surface area contributed by atoms with Gasteiger partial charge in [0.1, 0.15) is 23.0 Å². The van der Waals surface area contributed by atoms with Gasteiger partial charge < -0.3 is 19.3 Å². The normalized spacial score (nSPS) is 15.3. The summed E-state index contributed by atoms with van der Waals surface area (Å²) < 4.78 is 18.9. The van der Waals surface area contributed by atoms with E-state index in [1.807, 2.05) is 73.7 Å². The molecule has 0 radical (unpaired) electrons. The molecule has 0 saturated heterocycles. The number of benzene rings is 3. The number of thioether (sulfide) groups is 1. The Hall–Kier alpha value is -3.01. The molecule has 9 heteroatoms. The van der Waals surface area contributed by atoms with Crippen LogP contribution in [0.1, 0.15) is 25.0 Å². The lowest BCUT2D eigenvalue weighted by Gasteiger charge is -2.15. The number of rotatable bonds is 9. The van der Waals surface area contributed by atoms with Crippen molar-refractivity contribution in [1.29, 1.82) is 0 Å². The molecule has 3 aromatic carbocycles. The Morgan fingerprint density at radius 2 is 1.74 bits per heavy atom. The van der Waals surface area contributed by atoms with Gasteiger partial charge in [0.05, 0.1) is 28.3 Å². The quantitative estimate of drug-likeness (QED) is 0.233. The van der Waals surface area contributed by atoms with Gasteiger partial charge in [0.2, 0.25) is 0 Å². The lowest BCUT2D eigenvalue weighted by Crippen LogP contribution is -2.12. The average Bonchev–Trinajstić information content (AvgIpc) is 3.19. The first-order chi connectivity index (χ1) is 18.4. The number of ether oxygens (including phenoxy) is 3. The van der Waals surface area contributed by atoms with Crippen LogP contribution in [0.25, 0.3) is 6.08 Å². The van der Waals surface area contributed by atoms with Gasteiger partial charge in [0, 0.05) is 4.47 Å². The largest absolute Gasteiger partial charge is 0.506 e. The van der Waals surface area contributed by atoms with Crippen LogP contribution in [0.3, 0.4) is 0 Å². The summed E-state index contributed by atoms with van der Waals surface area (Å²) in [7, 11) is 0. The highest BCUT2D eigenvalue weighted by Gasteiger charge is 2.33. The Labute approximate surface area is 242 Å². The van der Waals surface area contributed by atoms with Crippen molar-refractivity contribution in [1.82, 2.24) is 0 Å². The molecule has 0 unspecified atom stereocenters. The van der Waals surface area contributed by atoms with Crippen LogP contribution in [-0.2, 0) is 16.1 Å². The third kappa shape index (κ3) is 6.89. The Balaban J connectivity index is 1.67. The molecule has 38 heavy (non-hydrogen) atoms. The molecule has 1 aliphatic rings. The first-order valence-corrected chi connectivity index (χ1v) is 14.3. The summed E-state index contributed by atoms with van der Waals surface area (Å²) in [6.45, 7) is 4.62. The summed E-state index contributed by atoms with van der Waals surface area (Å²) in [5.74, 6) is 0.339. The minimum atomic E-state index is -0.622. The van der Waals surface area contributed by atoms with Crippen molar-refractivity contribution in [3.8, 4) is 11.5 Å². The van der Waals surface area contributed by atoms with E-state index in [0.29, 0.717) is 44.8 Å². The van der Waals surface area contributed by atoms with Crippen molar-refractivity contribution in [3.63, 3.8) is 0 Å². The van der Waals surface area contributed by atoms with Crippen LogP contribution < -0.4 is 9.47 Å². The molecule has 0 fully saturated rings. The van der Waals surface area contributed by atoms with Gasteiger partial charge in [-0.15, -0.1) is 0 Å². The van der Waals surface area contributed by atoms with E-state index in [2.05, 4.69) is 36.9 Å². The molecule has 4 rings (SSSR count). The Bertz CT molecular complexity index is 1400. The summed E-state index contributed by atoms with van der Waals surface area (Å²) >= 11 is 8.26. The predicted octanol–water partition coefficient (Wildman–Crippen LogP) is 8.38. The second-order valence-corrected chi connectivity index (χ2v) is 10.8. The van der Waals surface area contributed by atoms with E-state index in [1.54, 1.807) is 13.0 Å². The summed E-state index contributed by atoms with van der Waals surface area (Å²) in [6.07, 6.45) is 1.78. The van der Waals surface area contributed by atoms with Gasteiger partial charge in [0.25, 0.3) is 0 Å². The molecule has 1 aliphatic heterocycles. The Kier molecular flexibility index (Phi) is 9.71. The number of carbonyl (C=O) groups is 1. The van der Waals surface area contributed by atoms with Gasteiger partial charge in [-0.05, 0) is 83.4 Å². The molecule has 1 heterocycles. The van der Waals surface area contributed by atoms with E-state index in [0.717, 1.165) is 15.6 Å². The van der Waals surface area contributed by atoms with Crippen LogP contribution >= 0.6 is 43.6 Å². The number of nitrogens with zero attached hydrogens (tertiary/aromatic N) is 1. The topological polar surface area (TPSA) is 77.4 Å². The average molecular weight is 659 g/mol. The van der Waals surface area contributed by atoms with Crippen LogP contribution in [0.15, 0.2) is 96.9 Å². The number of carbonyl (C=O) groups excluding carboxylic acids is 1. The molecule has 0 bridgehead atoms. The second-order valence-electron chi connectivity index (χ2n) is 7.99. The van der Waals surface area contributed by atoms with Crippen LogP contribution in [-0.4, -0.2) is 29.3 Å². The second kappa shape index (κ2) is 13.2. The number of hydrogen-bond donors (Lipinski definition) is 1. The van der Waals surface area contributed by atoms with E-state index in [-0.39, 0.29) is 17.9 Å². The molecule has 0 atom stereocenters. The molecule has 0 spiro atoms. The highest BCUT2D eigenvalue weighted by atomic mass is 79.9. The van der Waals surface area contributed by atoms with Gasteiger partial charge in [-0.25, -0.2) is 9.79 Å². The van der Waals surface area contributed by atoms with Crippen molar-refractivity contribution in [2.75, 3.05) is 13.2 Å². The van der Waals surface area contributed by atoms with Crippen molar-refractivity contribution in [3.05, 3.63) is 103 Å². The number of para-hydroxylation sites is 1. The van der Waals surface area contributed by atoms with Crippen LogP contribution in [0.5, 0.6) is 11.5 Å². The van der Waals surface area contributed by atoms with Crippen LogP contribution in [0.2, 0.25) is 0 Å². The summed E-state index contributed by atoms with van der Waals surface area (Å²) in [5.41, 5.74) is 2.47. The maximum atomic E-state index is 12.7. The Morgan fingerprint density at radius 1 is 1.00 bits per heavy atom. The summed E-state index contributed by atoms with van der Waals surface area (Å²) in [4.78, 5) is 17.8. The monoisotopic (exact) mass is 657 g/mol. The van der Waals surface area contributed by atoms with Gasteiger partial charge in [-0.2, -0.15) is 0 Å². The fourth-order valence-electron chi connectivity index (χ4n) is 3.57. The number of halogens is 2. The molecule has 3 aromatic rings. The number of hydrogen-bond acceptors (Lipinski definition) is 7. The first kappa shape index (κ1) is 28.0. The van der Waals surface area contributed by atoms with Crippen molar-refractivity contribution < 1.29 is 24.1 Å². The maximum absolute atomic E-state index is 12.7. The zero-order chi connectivity index (χ0) is 27.1. The SMILES string of the molecule is CCOC(=O)C1=C(O)/C(=C/c2cc(Br)c(OCc3ccc(Br)cc3)c(OCC)c2)SC1=Nc1ccccc1. The fraction of sp³-hybridized carbons (Fsp3) is 0.172. The maximum Gasteiger partial charge on any atom is 0.344 e. The lowest BCUT2D eigenvalue weighted by atomic mass is 10.1. The minimum Gasteiger partial charge on any atom is -0.506 e. The third-order valence-electron chi connectivity index (χ3n) is 5.28.